The molecule has 0 aromatic heterocycles. The van der Waals surface area contributed by atoms with Gasteiger partial charge in [-0.15, -0.1) is 0 Å². The molecule has 1 aromatic rings. The van der Waals surface area contributed by atoms with Crippen LogP contribution >= 0.6 is 0 Å². The van der Waals surface area contributed by atoms with E-state index in [9.17, 15) is 4.79 Å². The van der Waals surface area contributed by atoms with Gasteiger partial charge >= 0.3 is 0 Å². The maximum Gasteiger partial charge on any atom is 0.179 e. The lowest BCUT2D eigenvalue weighted by Gasteiger charge is -2.21. The standard InChI is InChI=1S/C12H15NO3/c1-15-11-4-2-10(3-5-11)8-12(9-14)13-6-7-16-12/h2-5,9,13H,6-8H2,1H3. The van der Waals surface area contributed by atoms with Gasteiger partial charge in [0.25, 0.3) is 0 Å². The number of hydrogen-bond donors (Lipinski definition) is 1. The first-order chi connectivity index (χ1) is 7.78. The van der Waals surface area contributed by atoms with Gasteiger partial charge < -0.3 is 9.47 Å². The van der Waals surface area contributed by atoms with Crippen molar-refractivity contribution in [2.75, 3.05) is 20.3 Å². The Balaban J connectivity index is 2.10. The van der Waals surface area contributed by atoms with Gasteiger partial charge in [0.05, 0.1) is 13.7 Å². The first kappa shape index (κ1) is 11.1. The topological polar surface area (TPSA) is 47.6 Å². The molecule has 1 heterocycles. The van der Waals surface area contributed by atoms with Crippen LogP contribution in [-0.4, -0.2) is 32.3 Å². The van der Waals surface area contributed by atoms with Crippen LogP contribution in [0.15, 0.2) is 24.3 Å². The van der Waals surface area contributed by atoms with E-state index >= 15 is 0 Å². The van der Waals surface area contributed by atoms with E-state index in [4.69, 9.17) is 9.47 Å². The predicted molar refractivity (Wildman–Crippen MR) is 59.4 cm³/mol. The van der Waals surface area contributed by atoms with Gasteiger partial charge in [-0.25, -0.2) is 0 Å². The number of hydrogen-bond acceptors (Lipinski definition) is 4. The quantitative estimate of drug-likeness (QED) is 0.762. The molecule has 1 aliphatic rings. The molecular weight excluding hydrogens is 206 g/mol. The van der Waals surface area contributed by atoms with Crippen molar-refractivity contribution in [3.63, 3.8) is 0 Å². The summed E-state index contributed by atoms with van der Waals surface area (Å²) in [6.07, 6.45) is 1.38. The number of ether oxygens (including phenoxy) is 2. The summed E-state index contributed by atoms with van der Waals surface area (Å²) in [4.78, 5) is 11.0. The van der Waals surface area contributed by atoms with Crippen molar-refractivity contribution >= 4 is 6.29 Å². The normalized spacial score (nSPS) is 24.3. The molecule has 4 nitrogen and oxygen atoms in total. The van der Waals surface area contributed by atoms with Gasteiger partial charge in [0, 0.05) is 13.0 Å². The predicted octanol–water partition coefficient (Wildman–Crippen LogP) is 0.753. The van der Waals surface area contributed by atoms with E-state index < -0.39 is 5.72 Å². The monoisotopic (exact) mass is 221 g/mol. The molecule has 2 rings (SSSR count). The molecule has 1 saturated heterocycles. The van der Waals surface area contributed by atoms with Gasteiger partial charge in [-0.05, 0) is 17.7 Å². The Labute approximate surface area is 94.6 Å². The Bertz CT molecular complexity index is 355. The summed E-state index contributed by atoms with van der Waals surface area (Å²) in [7, 11) is 1.63. The number of aldehydes is 1. The van der Waals surface area contributed by atoms with Gasteiger partial charge in [0.1, 0.15) is 5.75 Å². The fourth-order valence-electron chi connectivity index (χ4n) is 1.82. The maximum absolute atomic E-state index is 11.0. The summed E-state index contributed by atoms with van der Waals surface area (Å²) in [5.74, 6) is 0.809. The van der Waals surface area contributed by atoms with Crippen molar-refractivity contribution in [1.82, 2.24) is 5.32 Å². The lowest BCUT2D eigenvalue weighted by molar-refractivity contribution is -0.127. The third kappa shape index (κ3) is 2.23. The molecule has 86 valence electrons. The Hall–Kier alpha value is -1.39. The summed E-state index contributed by atoms with van der Waals surface area (Å²) >= 11 is 0. The number of methoxy groups -OCH3 is 1. The number of nitrogens with one attached hydrogen (secondary N) is 1. The lowest BCUT2D eigenvalue weighted by atomic mass is 10.0. The Kier molecular flexibility index (Phi) is 3.22. The minimum absolute atomic E-state index is 0.542. The highest BCUT2D eigenvalue weighted by molar-refractivity contribution is 5.63. The van der Waals surface area contributed by atoms with Gasteiger partial charge in [0.2, 0.25) is 0 Å². The highest BCUT2D eigenvalue weighted by Crippen LogP contribution is 2.19. The lowest BCUT2D eigenvalue weighted by Crippen LogP contribution is -2.44. The van der Waals surface area contributed by atoms with Crippen LogP contribution in [0.4, 0.5) is 0 Å². The second-order valence-corrected chi connectivity index (χ2v) is 3.81. The molecule has 0 aliphatic carbocycles. The molecule has 1 atom stereocenters. The Morgan fingerprint density at radius 3 is 2.75 bits per heavy atom. The molecule has 1 aliphatic heterocycles. The van der Waals surface area contributed by atoms with E-state index in [0.29, 0.717) is 13.0 Å². The van der Waals surface area contributed by atoms with Gasteiger partial charge in [-0.3, -0.25) is 10.1 Å². The maximum atomic E-state index is 11.0. The van der Waals surface area contributed by atoms with Gasteiger partial charge in [0.15, 0.2) is 12.0 Å². The van der Waals surface area contributed by atoms with Crippen molar-refractivity contribution in [2.45, 2.75) is 12.1 Å². The van der Waals surface area contributed by atoms with Crippen LogP contribution in [0.3, 0.4) is 0 Å². The fraction of sp³-hybridized carbons (Fsp3) is 0.417. The SMILES string of the molecule is COc1ccc(CC2(C=O)NCCO2)cc1. The molecule has 0 bridgehead atoms. The van der Waals surface area contributed by atoms with Gasteiger partial charge in [-0.2, -0.15) is 0 Å². The summed E-state index contributed by atoms with van der Waals surface area (Å²) in [5.41, 5.74) is 0.205. The minimum atomic E-state index is -0.839. The second-order valence-electron chi connectivity index (χ2n) is 3.81. The Morgan fingerprint density at radius 1 is 1.50 bits per heavy atom. The Morgan fingerprint density at radius 2 is 2.25 bits per heavy atom. The van der Waals surface area contributed by atoms with Crippen LogP contribution in [0.5, 0.6) is 5.75 Å². The van der Waals surface area contributed by atoms with Crippen LogP contribution in [0.1, 0.15) is 5.56 Å². The largest absolute Gasteiger partial charge is 0.497 e. The zero-order chi connectivity index (χ0) is 11.4. The van der Waals surface area contributed by atoms with Gasteiger partial charge in [-0.1, -0.05) is 12.1 Å². The minimum Gasteiger partial charge on any atom is -0.497 e. The van der Waals surface area contributed by atoms with Crippen molar-refractivity contribution in [1.29, 1.82) is 0 Å². The molecule has 1 aromatic carbocycles. The molecular formula is C12H15NO3. The molecule has 0 saturated carbocycles. The van der Waals surface area contributed by atoms with E-state index in [1.54, 1.807) is 7.11 Å². The average Bonchev–Trinajstić information content (AvgIpc) is 2.79. The van der Waals surface area contributed by atoms with Crippen LogP contribution in [0, 0.1) is 0 Å². The summed E-state index contributed by atoms with van der Waals surface area (Å²) in [6.45, 7) is 1.30. The van der Waals surface area contributed by atoms with E-state index in [1.807, 2.05) is 24.3 Å². The van der Waals surface area contributed by atoms with E-state index in [1.165, 1.54) is 0 Å². The van der Waals surface area contributed by atoms with E-state index in [-0.39, 0.29) is 0 Å². The zero-order valence-electron chi connectivity index (χ0n) is 9.23. The summed E-state index contributed by atoms with van der Waals surface area (Å²) < 4.78 is 10.5. The van der Waals surface area contributed by atoms with E-state index in [0.717, 1.165) is 24.1 Å². The fourth-order valence-corrected chi connectivity index (χ4v) is 1.82. The summed E-state index contributed by atoms with van der Waals surface area (Å²) in [6, 6.07) is 7.63. The average molecular weight is 221 g/mol. The molecule has 1 N–H and O–H groups in total. The highest BCUT2D eigenvalue weighted by Gasteiger charge is 2.34. The van der Waals surface area contributed by atoms with Crippen LogP contribution in [0.25, 0.3) is 0 Å². The molecule has 4 heteroatoms. The number of carbonyl (C=O) groups excluding carboxylic acids is 1. The molecule has 0 amide bonds. The smallest absolute Gasteiger partial charge is 0.179 e. The van der Waals surface area contributed by atoms with Crippen molar-refractivity contribution in [3.8, 4) is 5.75 Å². The number of benzene rings is 1. The molecule has 1 unspecified atom stereocenters. The van der Waals surface area contributed by atoms with Crippen molar-refractivity contribution in [2.24, 2.45) is 0 Å². The first-order valence-electron chi connectivity index (χ1n) is 5.26. The number of carbonyl (C=O) groups is 1. The van der Waals surface area contributed by atoms with Crippen molar-refractivity contribution < 1.29 is 14.3 Å². The van der Waals surface area contributed by atoms with Crippen LogP contribution in [0.2, 0.25) is 0 Å². The molecule has 1 fully saturated rings. The number of rotatable bonds is 4. The summed E-state index contributed by atoms with van der Waals surface area (Å²) in [5, 5.41) is 3.08. The third-order valence-corrected chi connectivity index (χ3v) is 2.70. The third-order valence-electron chi connectivity index (χ3n) is 2.70. The van der Waals surface area contributed by atoms with Crippen molar-refractivity contribution in [3.05, 3.63) is 29.8 Å². The highest BCUT2D eigenvalue weighted by atomic mass is 16.5. The second kappa shape index (κ2) is 4.63. The molecule has 0 spiro atoms. The molecule has 16 heavy (non-hydrogen) atoms. The molecule has 0 radical (unpaired) electrons. The van der Waals surface area contributed by atoms with E-state index in [2.05, 4.69) is 5.32 Å². The zero-order valence-corrected chi connectivity index (χ0v) is 9.23. The van der Waals surface area contributed by atoms with Crippen LogP contribution < -0.4 is 10.1 Å². The van der Waals surface area contributed by atoms with Crippen LogP contribution in [-0.2, 0) is 16.0 Å². The first-order valence-corrected chi connectivity index (χ1v) is 5.26.